The van der Waals surface area contributed by atoms with Crippen LogP contribution >= 0.6 is 39.1 Å². The zero-order valence-corrected chi connectivity index (χ0v) is 13.9. The maximum atomic E-state index is 13.9. The van der Waals surface area contributed by atoms with E-state index < -0.39 is 33.6 Å². The van der Waals surface area contributed by atoms with Crippen molar-refractivity contribution in [3.05, 3.63) is 56.8 Å². The average molecular weight is 432 g/mol. The lowest BCUT2D eigenvalue weighted by Gasteiger charge is -2.13. The average Bonchev–Trinajstić information content (AvgIpc) is 2.43. The molecule has 2 rings (SSSR count). The summed E-state index contributed by atoms with van der Waals surface area (Å²) in [4.78, 5) is 11.2. The van der Waals surface area contributed by atoms with Gasteiger partial charge in [-0.15, -0.1) is 0 Å². The van der Waals surface area contributed by atoms with Gasteiger partial charge >= 0.3 is 6.18 Å². The summed E-state index contributed by atoms with van der Waals surface area (Å²) in [6.45, 7) is 0. The normalized spacial score (nSPS) is 11.4. The van der Waals surface area contributed by atoms with Crippen LogP contribution in [0.4, 0.5) is 17.6 Å². The molecule has 2 aromatic carbocycles. The third-order valence-corrected chi connectivity index (χ3v) is 3.87. The van der Waals surface area contributed by atoms with Gasteiger partial charge in [0.1, 0.15) is 5.75 Å². The Morgan fingerprint density at radius 1 is 1.17 bits per heavy atom. The van der Waals surface area contributed by atoms with Gasteiger partial charge in [0.05, 0.1) is 16.1 Å². The lowest BCUT2D eigenvalue weighted by molar-refractivity contribution is -0.137. The highest BCUT2D eigenvalue weighted by Gasteiger charge is 2.32. The first-order chi connectivity index (χ1) is 10.6. The Balaban J connectivity index is 2.42. The van der Waals surface area contributed by atoms with E-state index in [1.54, 1.807) is 0 Å². The second-order valence-corrected chi connectivity index (χ2v) is 5.89. The molecule has 2 nitrogen and oxygen atoms in total. The predicted molar refractivity (Wildman–Crippen MR) is 80.8 cm³/mol. The fourth-order valence-corrected chi connectivity index (χ4v) is 2.60. The van der Waals surface area contributed by atoms with Crippen LogP contribution in [0.25, 0.3) is 0 Å². The predicted octanol–water partition coefficient (Wildman–Crippen LogP) is 6.43. The van der Waals surface area contributed by atoms with Crippen molar-refractivity contribution in [3.8, 4) is 11.5 Å². The number of carbonyl (C=O) groups excluding carboxylic acids is 1. The fraction of sp³-hybridized carbons (Fsp3) is 0.0714. The van der Waals surface area contributed by atoms with Crippen molar-refractivity contribution in [1.29, 1.82) is 0 Å². The van der Waals surface area contributed by atoms with Gasteiger partial charge in [0.2, 0.25) is 0 Å². The van der Waals surface area contributed by atoms with Crippen LogP contribution < -0.4 is 4.74 Å². The van der Waals surface area contributed by atoms with Gasteiger partial charge < -0.3 is 4.74 Å². The van der Waals surface area contributed by atoms with Crippen molar-refractivity contribution in [2.24, 2.45) is 0 Å². The molecule has 9 heteroatoms. The largest absolute Gasteiger partial charge is 0.453 e. The molecule has 0 aromatic heterocycles. The Kier molecular flexibility index (Phi) is 5.23. The van der Waals surface area contributed by atoms with Crippen LogP contribution in [-0.4, -0.2) is 5.24 Å². The summed E-state index contributed by atoms with van der Waals surface area (Å²) in [5.74, 6) is -1.89. The molecule has 0 unspecified atom stereocenters. The summed E-state index contributed by atoms with van der Waals surface area (Å²) in [5, 5.41) is -1.35. The van der Waals surface area contributed by atoms with Crippen LogP contribution in [0.2, 0.25) is 5.02 Å². The molecule has 0 atom stereocenters. The third kappa shape index (κ3) is 4.16. The maximum absolute atomic E-state index is 13.9. The second kappa shape index (κ2) is 6.67. The van der Waals surface area contributed by atoms with Gasteiger partial charge in [-0.2, -0.15) is 13.2 Å². The molecule has 122 valence electrons. The minimum atomic E-state index is -4.74. The Morgan fingerprint density at radius 2 is 1.83 bits per heavy atom. The molecule has 0 bridgehead atoms. The number of benzene rings is 2. The molecule has 0 aliphatic rings. The molecule has 0 heterocycles. The summed E-state index contributed by atoms with van der Waals surface area (Å²) >= 11 is 14.1. The summed E-state index contributed by atoms with van der Waals surface area (Å²) < 4.78 is 57.1. The van der Waals surface area contributed by atoms with E-state index in [0.29, 0.717) is 10.5 Å². The van der Waals surface area contributed by atoms with Crippen LogP contribution in [-0.2, 0) is 6.18 Å². The molecule has 0 fully saturated rings. The van der Waals surface area contributed by atoms with Crippen molar-refractivity contribution in [1.82, 2.24) is 0 Å². The highest BCUT2D eigenvalue weighted by molar-refractivity contribution is 9.10. The Bertz CT molecular complexity index is 755. The standard InChI is InChI=1S/C14H5BrCl2F4O2/c15-9-2-1-7(5-8(9)13(17)22)23-12-10(16)3-6(4-11(12)18)14(19,20)21/h1-5H. The zero-order chi connectivity index (χ0) is 17.4. The van der Waals surface area contributed by atoms with Crippen molar-refractivity contribution < 1.29 is 27.1 Å². The fourth-order valence-electron chi connectivity index (χ4n) is 1.66. The van der Waals surface area contributed by atoms with Gasteiger partial charge in [0, 0.05) is 4.47 Å². The van der Waals surface area contributed by atoms with E-state index in [9.17, 15) is 22.4 Å². The Labute approximate surface area is 146 Å². The first-order valence-corrected chi connectivity index (χ1v) is 7.38. The first kappa shape index (κ1) is 18.0. The van der Waals surface area contributed by atoms with Gasteiger partial charge in [-0.25, -0.2) is 4.39 Å². The summed E-state index contributed by atoms with van der Waals surface area (Å²) in [5.41, 5.74) is -1.19. The Morgan fingerprint density at radius 3 is 2.35 bits per heavy atom. The van der Waals surface area contributed by atoms with Gasteiger partial charge in [0.25, 0.3) is 5.24 Å². The first-order valence-electron chi connectivity index (χ1n) is 5.83. The maximum Gasteiger partial charge on any atom is 0.416 e. The van der Waals surface area contributed by atoms with E-state index in [1.165, 1.54) is 18.2 Å². The minimum Gasteiger partial charge on any atom is -0.453 e. The van der Waals surface area contributed by atoms with E-state index in [0.717, 1.165) is 0 Å². The second-order valence-electron chi connectivity index (χ2n) is 4.28. The molecule has 0 N–H and O–H groups in total. The Hall–Kier alpha value is -1.31. The van der Waals surface area contributed by atoms with E-state index >= 15 is 0 Å². The lowest BCUT2D eigenvalue weighted by Crippen LogP contribution is -2.06. The number of hydrogen-bond acceptors (Lipinski definition) is 2. The molecule has 0 radical (unpaired) electrons. The summed E-state index contributed by atoms with van der Waals surface area (Å²) in [7, 11) is 0. The third-order valence-electron chi connectivity index (χ3n) is 2.70. The molecule has 0 saturated carbocycles. The highest BCUT2D eigenvalue weighted by Crippen LogP contribution is 2.39. The van der Waals surface area contributed by atoms with Gasteiger partial charge in [0.15, 0.2) is 11.6 Å². The van der Waals surface area contributed by atoms with Crippen molar-refractivity contribution >= 4 is 44.4 Å². The van der Waals surface area contributed by atoms with Gasteiger partial charge in [-0.1, -0.05) is 11.6 Å². The van der Waals surface area contributed by atoms with Gasteiger partial charge in [-0.05, 0) is 57.9 Å². The summed E-state index contributed by atoms with van der Waals surface area (Å²) in [6.07, 6.45) is -4.74. The van der Waals surface area contributed by atoms with Crippen molar-refractivity contribution in [2.45, 2.75) is 6.18 Å². The van der Waals surface area contributed by atoms with Crippen LogP contribution in [0.3, 0.4) is 0 Å². The van der Waals surface area contributed by atoms with Crippen molar-refractivity contribution in [2.75, 3.05) is 0 Å². The number of ether oxygens (including phenoxy) is 1. The van der Waals surface area contributed by atoms with E-state index in [4.69, 9.17) is 27.9 Å². The molecule has 0 aliphatic heterocycles. The highest BCUT2D eigenvalue weighted by atomic mass is 79.9. The lowest BCUT2D eigenvalue weighted by atomic mass is 10.2. The molecule has 0 amide bonds. The molecular weight excluding hydrogens is 427 g/mol. The number of hydrogen-bond donors (Lipinski definition) is 0. The number of carbonyl (C=O) groups is 1. The smallest absolute Gasteiger partial charge is 0.416 e. The molecule has 0 saturated heterocycles. The quantitative estimate of drug-likeness (QED) is 0.413. The molecule has 2 aromatic rings. The van der Waals surface area contributed by atoms with E-state index in [2.05, 4.69) is 15.9 Å². The number of rotatable bonds is 3. The monoisotopic (exact) mass is 430 g/mol. The number of halogens is 7. The SMILES string of the molecule is O=C(Cl)c1cc(Oc2c(F)cc(C(F)(F)F)cc2Cl)ccc1Br. The molecule has 0 aliphatic carbocycles. The summed E-state index contributed by atoms with van der Waals surface area (Å²) in [6, 6.07) is 4.80. The van der Waals surface area contributed by atoms with E-state index in [-0.39, 0.29) is 17.4 Å². The zero-order valence-electron chi connectivity index (χ0n) is 10.8. The van der Waals surface area contributed by atoms with Crippen LogP contribution in [0.5, 0.6) is 11.5 Å². The van der Waals surface area contributed by atoms with Gasteiger partial charge in [-0.3, -0.25) is 4.79 Å². The van der Waals surface area contributed by atoms with E-state index in [1.807, 2.05) is 0 Å². The van der Waals surface area contributed by atoms with Crippen molar-refractivity contribution in [3.63, 3.8) is 0 Å². The van der Waals surface area contributed by atoms with Crippen LogP contribution in [0.15, 0.2) is 34.8 Å². The molecular formula is C14H5BrCl2F4O2. The molecule has 0 spiro atoms. The van der Waals surface area contributed by atoms with Crippen LogP contribution in [0.1, 0.15) is 15.9 Å². The topological polar surface area (TPSA) is 26.3 Å². The van der Waals surface area contributed by atoms with Crippen LogP contribution in [0, 0.1) is 5.82 Å². The molecule has 23 heavy (non-hydrogen) atoms. The minimum absolute atomic E-state index is 0.0160. The number of alkyl halides is 3.